The van der Waals surface area contributed by atoms with Crippen molar-refractivity contribution in [2.45, 2.75) is 26.2 Å². The molecule has 2 aromatic rings. The first-order chi connectivity index (χ1) is 14.5. The summed E-state index contributed by atoms with van der Waals surface area (Å²) in [6.45, 7) is 4.79. The van der Waals surface area contributed by atoms with Gasteiger partial charge in [-0.15, -0.1) is 11.3 Å². The van der Waals surface area contributed by atoms with Crippen LogP contribution in [-0.2, 0) is 22.4 Å². The van der Waals surface area contributed by atoms with E-state index in [-0.39, 0.29) is 18.5 Å². The Balaban J connectivity index is 1.25. The molecule has 0 spiro atoms. The summed E-state index contributed by atoms with van der Waals surface area (Å²) < 4.78 is 10.5. The molecule has 6 nitrogen and oxygen atoms in total. The van der Waals surface area contributed by atoms with E-state index in [1.807, 2.05) is 30.3 Å². The van der Waals surface area contributed by atoms with Gasteiger partial charge >= 0.3 is 5.97 Å². The number of carbonyl (C=O) groups is 2. The molecule has 1 aromatic carbocycles. The van der Waals surface area contributed by atoms with Crippen molar-refractivity contribution < 1.29 is 19.1 Å². The molecule has 1 aromatic heterocycles. The SMILES string of the molecule is COc1ccc(N2CCN(C(=O)COC(=O)c3cc4c(s3)CC[C@H](C)C4)CC2)cc1. The Kier molecular flexibility index (Phi) is 6.27. The number of anilines is 1. The van der Waals surface area contributed by atoms with Crippen molar-refractivity contribution in [2.24, 2.45) is 5.92 Å². The second kappa shape index (κ2) is 9.08. The number of methoxy groups -OCH3 is 1. The van der Waals surface area contributed by atoms with Crippen LogP contribution in [0.25, 0.3) is 0 Å². The third-order valence-corrected chi connectivity index (χ3v) is 7.14. The van der Waals surface area contributed by atoms with Crippen LogP contribution >= 0.6 is 11.3 Å². The van der Waals surface area contributed by atoms with E-state index in [2.05, 4.69) is 11.8 Å². The van der Waals surface area contributed by atoms with E-state index in [4.69, 9.17) is 9.47 Å². The lowest BCUT2D eigenvalue weighted by molar-refractivity contribution is -0.134. The Labute approximate surface area is 181 Å². The van der Waals surface area contributed by atoms with Crippen molar-refractivity contribution in [1.29, 1.82) is 0 Å². The van der Waals surface area contributed by atoms with E-state index < -0.39 is 0 Å². The standard InChI is InChI=1S/C23H28N2O4S/c1-16-3-8-20-17(13-16)14-21(30-20)23(27)29-15-22(26)25-11-9-24(10-12-25)18-4-6-19(28-2)7-5-18/h4-7,14,16H,3,8-13,15H2,1-2H3/t16-/m0/s1. The first-order valence-corrected chi connectivity index (χ1v) is 11.3. The Morgan fingerprint density at radius 3 is 2.57 bits per heavy atom. The minimum atomic E-state index is -0.382. The number of rotatable bonds is 5. The maximum atomic E-state index is 12.5. The van der Waals surface area contributed by atoms with Crippen LogP contribution in [0.15, 0.2) is 30.3 Å². The molecule has 0 N–H and O–H groups in total. The second-order valence-electron chi connectivity index (χ2n) is 8.05. The van der Waals surface area contributed by atoms with Gasteiger partial charge in [0.05, 0.1) is 7.11 Å². The third-order valence-electron chi connectivity index (χ3n) is 5.93. The smallest absolute Gasteiger partial charge is 0.348 e. The Morgan fingerprint density at radius 2 is 1.87 bits per heavy atom. The van der Waals surface area contributed by atoms with E-state index in [0.717, 1.165) is 37.4 Å². The summed E-state index contributed by atoms with van der Waals surface area (Å²) in [5, 5.41) is 0. The number of nitrogens with zero attached hydrogens (tertiary/aromatic N) is 2. The summed E-state index contributed by atoms with van der Waals surface area (Å²) in [5.74, 6) is 0.976. The van der Waals surface area contributed by atoms with Crippen LogP contribution in [0.2, 0.25) is 0 Å². The number of benzene rings is 1. The summed E-state index contributed by atoms with van der Waals surface area (Å²) in [6.07, 6.45) is 3.23. The summed E-state index contributed by atoms with van der Waals surface area (Å²) in [6, 6.07) is 9.89. The third kappa shape index (κ3) is 4.61. The van der Waals surface area contributed by atoms with Crippen LogP contribution in [0.3, 0.4) is 0 Å². The quantitative estimate of drug-likeness (QED) is 0.684. The number of piperazine rings is 1. The van der Waals surface area contributed by atoms with Crippen molar-refractivity contribution in [3.63, 3.8) is 0 Å². The molecule has 1 amide bonds. The topological polar surface area (TPSA) is 59.1 Å². The van der Waals surface area contributed by atoms with Crippen molar-refractivity contribution in [2.75, 3.05) is 44.8 Å². The van der Waals surface area contributed by atoms with Gasteiger partial charge in [-0.05, 0) is 61.1 Å². The molecule has 4 rings (SSSR count). The number of carbonyl (C=O) groups excluding carboxylic acids is 2. The van der Waals surface area contributed by atoms with Gasteiger partial charge < -0.3 is 19.3 Å². The first-order valence-electron chi connectivity index (χ1n) is 10.5. The van der Waals surface area contributed by atoms with E-state index >= 15 is 0 Å². The fourth-order valence-corrected chi connectivity index (χ4v) is 5.21. The summed E-state index contributed by atoms with van der Waals surface area (Å²) >= 11 is 1.52. The lowest BCUT2D eigenvalue weighted by Crippen LogP contribution is -2.49. The molecule has 30 heavy (non-hydrogen) atoms. The number of amides is 1. The molecule has 1 saturated heterocycles. The predicted octanol–water partition coefficient (Wildman–Crippen LogP) is 3.39. The van der Waals surface area contributed by atoms with Gasteiger partial charge in [-0.2, -0.15) is 0 Å². The molecule has 2 heterocycles. The second-order valence-corrected chi connectivity index (χ2v) is 9.19. The van der Waals surface area contributed by atoms with Crippen LogP contribution in [0, 0.1) is 5.92 Å². The predicted molar refractivity (Wildman–Crippen MR) is 118 cm³/mol. The number of hydrogen-bond acceptors (Lipinski definition) is 6. The molecular weight excluding hydrogens is 400 g/mol. The molecule has 160 valence electrons. The highest BCUT2D eigenvalue weighted by Gasteiger charge is 2.24. The largest absolute Gasteiger partial charge is 0.497 e. The van der Waals surface area contributed by atoms with Crippen molar-refractivity contribution in [3.8, 4) is 5.75 Å². The van der Waals surface area contributed by atoms with Crippen LogP contribution in [0.1, 0.15) is 33.5 Å². The molecule has 2 aliphatic rings. The number of ether oxygens (including phenoxy) is 2. The zero-order valence-corrected chi connectivity index (χ0v) is 18.4. The number of hydrogen-bond donors (Lipinski definition) is 0. The van der Waals surface area contributed by atoms with E-state index in [9.17, 15) is 9.59 Å². The van der Waals surface area contributed by atoms with Crippen molar-refractivity contribution >= 4 is 28.9 Å². The van der Waals surface area contributed by atoms with Crippen molar-refractivity contribution in [1.82, 2.24) is 4.90 Å². The molecule has 1 atom stereocenters. The van der Waals surface area contributed by atoms with Gasteiger partial charge in [0, 0.05) is 36.7 Å². The highest BCUT2D eigenvalue weighted by Crippen LogP contribution is 2.32. The summed E-state index contributed by atoms with van der Waals surface area (Å²) in [7, 11) is 1.65. The highest BCUT2D eigenvalue weighted by molar-refractivity contribution is 7.14. The molecule has 0 saturated carbocycles. The maximum Gasteiger partial charge on any atom is 0.348 e. The fraction of sp³-hybridized carbons (Fsp3) is 0.478. The average molecular weight is 429 g/mol. The normalized spacial score (nSPS) is 18.7. The van der Waals surface area contributed by atoms with Gasteiger partial charge in [-0.25, -0.2) is 4.79 Å². The Hall–Kier alpha value is -2.54. The van der Waals surface area contributed by atoms with Crippen LogP contribution < -0.4 is 9.64 Å². The fourth-order valence-electron chi connectivity index (χ4n) is 4.10. The van der Waals surface area contributed by atoms with Crippen molar-refractivity contribution in [3.05, 3.63) is 45.6 Å². The molecule has 0 bridgehead atoms. The average Bonchev–Trinajstić information content (AvgIpc) is 3.21. The van der Waals surface area contributed by atoms with E-state index in [0.29, 0.717) is 23.9 Å². The lowest BCUT2D eigenvalue weighted by Gasteiger charge is -2.36. The monoisotopic (exact) mass is 428 g/mol. The Bertz CT molecular complexity index is 900. The molecule has 1 aliphatic carbocycles. The lowest BCUT2D eigenvalue weighted by atomic mass is 9.90. The van der Waals surface area contributed by atoms with Crippen LogP contribution in [0.5, 0.6) is 5.75 Å². The first kappa shape index (κ1) is 20.7. The number of fused-ring (bicyclic) bond motifs is 1. The molecule has 0 radical (unpaired) electrons. The number of thiophene rings is 1. The van der Waals surface area contributed by atoms with Gasteiger partial charge in [0.2, 0.25) is 0 Å². The summed E-state index contributed by atoms with van der Waals surface area (Å²) in [4.78, 5) is 30.9. The van der Waals surface area contributed by atoms with Gasteiger partial charge in [-0.1, -0.05) is 6.92 Å². The minimum Gasteiger partial charge on any atom is -0.497 e. The zero-order valence-electron chi connectivity index (χ0n) is 17.6. The number of aryl methyl sites for hydroxylation is 1. The van der Waals surface area contributed by atoms with Crippen LogP contribution in [-0.4, -0.2) is 56.7 Å². The zero-order chi connectivity index (χ0) is 21.1. The summed E-state index contributed by atoms with van der Waals surface area (Å²) in [5.41, 5.74) is 2.39. The molecular formula is C23H28N2O4S. The maximum absolute atomic E-state index is 12.5. The molecule has 1 aliphatic heterocycles. The van der Waals surface area contributed by atoms with Gasteiger partial charge in [-0.3, -0.25) is 4.79 Å². The molecule has 1 fully saturated rings. The van der Waals surface area contributed by atoms with Crippen LogP contribution in [0.4, 0.5) is 5.69 Å². The van der Waals surface area contributed by atoms with E-state index in [1.54, 1.807) is 12.0 Å². The Morgan fingerprint density at radius 1 is 1.13 bits per heavy atom. The van der Waals surface area contributed by atoms with Gasteiger partial charge in [0.25, 0.3) is 5.91 Å². The van der Waals surface area contributed by atoms with Gasteiger partial charge in [0.1, 0.15) is 10.6 Å². The molecule has 0 unspecified atom stereocenters. The van der Waals surface area contributed by atoms with E-state index in [1.165, 1.54) is 28.2 Å². The number of esters is 1. The van der Waals surface area contributed by atoms with Gasteiger partial charge in [0.15, 0.2) is 6.61 Å². The highest BCUT2D eigenvalue weighted by atomic mass is 32.1. The minimum absolute atomic E-state index is 0.132. The molecule has 7 heteroatoms.